The van der Waals surface area contributed by atoms with Crippen molar-refractivity contribution in [2.45, 2.75) is 13.0 Å². The van der Waals surface area contributed by atoms with Gasteiger partial charge in [0.05, 0.1) is 12.7 Å². The molecule has 0 aliphatic heterocycles. The highest BCUT2D eigenvalue weighted by Gasteiger charge is 2.22. The Morgan fingerprint density at radius 1 is 1.26 bits per heavy atom. The zero-order valence-electron chi connectivity index (χ0n) is 16.8. The number of halogens is 1. The van der Waals surface area contributed by atoms with Crippen LogP contribution in [0.25, 0.3) is 22.2 Å². The van der Waals surface area contributed by atoms with Crippen molar-refractivity contribution in [3.05, 3.63) is 69.0 Å². The zero-order chi connectivity index (χ0) is 22.7. The first-order chi connectivity index (χ1) is 14.7. The maximum atomic E-state index is 14.1. The molecule has 0 bridgehead atoms. The monoisotopic (exact) mass is 429 g/mol. The second kappa shape index (κ2) is 8.82. The summed E-state index contributed by atoms with van der Waals surface area (Å²) in [5, 5.41) is 20.4. The lowest BCUT2D eigenvalue weighted by Gasteiger charge is -2.13. The van der Waals surface area contributed by atoms with Gasteiger partial charge in [-0.2, -0.15) is 0 Å². The van der Waals surface area contributed by atoms with Crippen LogP contribution in [0.5, 0.6) is 0 Å². The molecule has 0 spiro atoms. The Hall–Kier alpha value is -3.95. The number of hydrogen-bond donors (Lipinski definition) is 2. The van der Waals surface area contributed by atoms with Crippen LogP contribution < -0.4 is 0 Å². The van der Waals surface area contributed by atoms with Crippen LogP contribution >= 0.6 is 0 Å². The molecule has 1 aromatic heterocycles. The number of methoxy groups -OCH3 is 1. The Labute approximate surface area is 176 Å². The first kappa shape index (κ1) is 21.8. The molecular weight excluding hydrogens is 409 g/mol. The number of nitro groups is 1. The van der Waals surface area contributed by atoms with Gasteiger partial charge in [-0.3, -0.25) is 10.1 Å². The van der Waals surface area contributed by atoms with E-state index in [4.69, 9.17) is 9.84 Å². The number of carbonyl (C=O) groups is 2. The van der Waals surface area contributed by atoms with Crippen molar-refractivity contribution in [2.75, 3.05) is 20.7 Å². The van der Waals surface area contributed by atoms with Gasteiger partial charge in [-0.15, -0.1) is 0 Å². The van der Waals surface area contributed by atoms with Gasteiger partial charge >= 0.3 is 12.1 Å². The molecule has 31 heavy (non-hydrogen) atoms. The average Bonchev–Trinajstić information content (AvgIpc) is 3.09. The van der Waals surface area contributed by atoms with Gasteiger partial charge < -0.3 is 19.7 Å². The SMILES string of the molecule is COC(=O)c1cc(F)cc2[nH]c(-c3ccc(CN(C)C(=O)O)cc3)c(CC[N+](=O)[O-])c12. The number of hydrogen-bond acceptors (Lipinski definition) is 5. The van der Waals surface area contributed by atoms with Gasteiger partial charge in [0.25, 0.3) is 0 Å². The Morgan fingerprint density at radius 2 is 1.94 bits per heavy atom. The van der Waals surface area contributed by atoms with Gasteiger partial charge in [0, 0.05) is 41.5 Å². The molecule has 10 heteroatoms. The zero-order valence-corrected chi connectivity index (χ0v) is 16.8. The van der Waals surface area contributed by atoms with Crippen LogP contribution in [0.4, 0.5) is 9.18 Å². The van der Waals surface area contributed by atoms with Gasteiger partial charge in [-0.25, -0.2) is 14.0 Å². The van der Waals surface area contributed by atoms with E-state index in [9.17, 15) is 24.1 Å². The van der Waals surface area contributed by atoms with Crippen molar-refractivity contribution < 1.29 is 28.7 Å². The Kier molecular flexibility index (Phi) is 6.19. The van der Waals surface area contributed by atoms with Crippen molar-refractivity contribution in [1.82, 2.24) is 9.88 Å². The van der Waals surface area contributed by atoms with E-state index in [2.05, 4.69) is 4.98 Å². The van der Waals surface area contributed by atoms with E-state index in [1.54, 1.807) is 24.3 Å². The van der Waals surface area contributed by atoms with Crippen molar-refractivity contribution in [3.8, 4) is 11.3 Å². The molecule has 3 rings (SSSR count). The van der Waals surface area contributed by atoms with E-state index in [1.165, 1.54) is 20.2 Å². The largest absolute Gasteiger partial charge is 0.465 e. The van der Waals surface area contributed by atoms with Crippen molar-refractivity contribution >= 4 is 23.0 Å². The molecule has 0 aliphatic carbocycles. The first-order valence-corrected chi connectivity index (χ1v) is 9.28. The topological polar surface area (TPSA) is 126 Å². The third kappa shape index (κ3) is 4.63. The fourth-order valence-corrected chi connectivity index (χ4v) is 3.45. The molecule has 0 saturated heterocycles. The third-order valence-electron chi connectivity index (χ3n) is 4.90. The lowest BCUT2D eigenvalue weighted by atomic mass is 9.98. The van der Waals surface area contributed by atoms with Crippen molar-refractivity contribution in [1.29, 1.82) is 0 Å². The summed E-state index contributed by atoms with van der Waals surface area (Å²) in [6, 6.07) is 9.21. The predicted octanol–water partition coefficient (Wildman–Crippen LogP) is 3.69. The summed E-state index contributed by atoms with van der Waals surface area (Å²) in [5.74, 6) is -1.39. The van der Waals surface area contributed by atoms with Gasteiger partial charge in [0.1, 0.15) is 5.82 Å². The fraction of sp³-hybridized carbons (Fsp3) is 0.238. The van der Waals surface area contributed by atoms with Gasteiger partial charge in [-0.05, 0) is 28.8 Å². The number of ether oxygens (including phenoxy) is 1. The second-order valence-electron chi connectivity index (χ2n) is 6.99. The van der Waals surface area contributed by atoms with Crippen LogP contribution in [-0.2, 0) is 17.7 Å². The lowest BCUT2D eigenvalue weighted by Crippen LogP contribution is -2.23. The number of carboxylic acid groups (broad SMARTS) is 1. The molecule has 0 unspecified atom stereocenters. The minimum atomic E-state index is -1.06. The highest BCUT2D eigenvalue weighted by molar-refractivity contribution is 6.07. The fourth-order valence-electron chi connectivity index (χ4n) is 3.45. The molecule has 0 atom stereocenters. The van der Waals surface area contributed by atoms with E-state index in [0.29, 0.717) is 27.7 Å². The third-order valence-corrected chi connectivity index (χ3v) is 4.90. The van der Waals surface area contributed by atoms with Crippen LogP contribution in [0.2, 0.25) is 0 Å². The average molecular weight is 429 g/mol. The number of aromatic nitrogens is 1. The summed E-state index contributed by atoms with van der Waals surface area (Å²) in [4.78, 5) is 38.0. The maximum absolute atomic E-state index is 14.1. The summed E-state index contributed by atoms with van der Waals surface area (Å²) in [6.07, 6.45) is -1.04. The molecule has 0 fully saturated rings. The number of H-pyrrole nitrogens is 1. The van der Waals surface area contributed by atoms with Gasteiger partial charge in [0.2, 0.25) is 6.54 Å². The summed E-state index contributed by atoms with van der Waals surface area (Å²) in [5.41, 5.74) is 2.74. The number of carbonyl (C=O) groups excluding carboxylic acids is 1. The number of nitrogens with one attached hydrogen (secondary N) is 1. The highest BCUT2D eigenvalue weighted by Crippen LogP contribution is 2.34. The number of rotatable bonds is 7. The number of esters is 1. The molecule has 1 heterocycles. The molecular formula is C21H20FN3O6. The van der Waals surface area contributed by atoms with E-state index in [0.717, 1.165) is 16.5 Å². The normalized spacial score (nSPS) is 10.8. The highest BCUT2D eigenvalue weighted by atomic mass is 19.1. The molecule has 0 saturated carbocycles. The Balaban J connectivity index is 2.12. The molecule has 2 aromatic carbocycles. The minimum absolute atomic E-state index is 0.0153. The number of fused-ring (bicyclic) bond motifs is 1. The van der Waals surface area contributed by atoms with Crippen LogP contribution in [0.3, 0.4) is 0 Å². The smallest absolute Gasteiger partial charge is 0.407 e. The first-order valence-electron chi connectivity index (χ1n) is 9.28. The predicted molar refractivity (Wildman–Crippen MR) is 110 cm³/mol. The molecule has 162 valence electrons. The molecule has 2 N–H and O–H groups in total. The quantitative estimate of drug-likeness (QED) is 0.335. The molecule has 3 aromatic rings. The number of nitrogens with zero attached hydrogens (tertiary/aromatic N) is 2. The Morgan fingerprint density at radius 3 is 2.52 bits per heavy atom. The number of aromatic amines is 1. The summed E-state index contributed by atoms with van der Waals surface area (Å²) < 4.78 is 18.9. The summed E-state index contributed by atoms with van der Waals surface area (Å²) >= 11 is 0. The van der Waals surface area contributed by atoms with Crippen molar-refractivity contribution in [2.24, 2.45) is 0 Å². The summed E-state index contributed by atoms with van der Waals surface area (Å²) in [7, 11) is 2.63. The number of amides is 1. The van der Waals surface area contributed by atoms with Gasteiger partial charge in [-0.1, -0.05) is 24.3 Å². The van der Waals surface area contributed by atoms with Gasteiger partial charge in [0.15, 0.2) is 0 Å². The molecule has 9 nitrogen and oxygen atoms in total. The van der Waals surface area contributed by atoms with E-state index < -0.39 is 22.8 Å². The Bertz CT molecular complexity index is 1160. The lowest BCUT2D eigenvalue weighted by molar-refractivity contribution is -0.479. The molecule has 0 aliphatic rings. The van der Waals surface area contributed by atoms with Crippen molar-refractivity contribution in [3.63, 3.8) is 0 Å². The summed E-state index contributed by atoms with van der Waals surface area (Å²) in [6.45, 7) is -0.187. The van der Waals surface area contributed by atoms with Crippen LogP contribution in [0.15, 0.2) is 36.4 Å². The van der Waals surface area contributed by atoms with Crippen LogP contribution in [0.1, 0.15) is 21.5 Å². The molecule has 0 radical (unpaired) electrons. The standard InChI is InChI=1S/C21H20FN3O6/c1-24(21(27)28)11-12-3-5-13(6-4-12)19-15(7-8-25(29)30)18-16(20(26)31-2)9-14(22)10-17(18)23-19/h3-6,9-10,23H,7-8,11H2,1-2H3,(H,27,28). The number of benzene rings is 2. The maximum Gasteiger partial charge on any atom is 0.407 e. The minimum Gasteiger partial charge on any atom is -0.465 e. The van der Waals surface area contributed by atoms with Crippen LogP contribution in [-0.4, -0.2) is 52.7 Å². The molecule has 1 amide bonds. The van der Waals surface area contributed by atoms with E-state index in [-0.39, 0.29) is 25.1 Å². The van der Waals surface area contributed by atoms with Crippen LogP contribution in [0, 0.1) is 15.9 Å². The second-order valence-corrected chi connectivity index (χ2v) is 6.99. The van der Waals surface area contributed by atoms with E-state index in [1.807, 2.05) is 0 Å². The van der Waals surface area contributed by atoms with E-state index >= 15 is 0 Å².